The molecule has 0 atom stereocenters. The van der Waals surface area contributed by atoms with E-state index in [-0.39, 0.29) is 0 Å². The Kier molecular flexibility index (Phi) is 2.05. The highest BCUT2D eigenvalue weighted by atomic mass is 32.1. The van der Waals surface area contributed by atoms with Gasteiger partial charge in [-0.3, -0.25) is 0 Å². The zero-order valence-electron chi connectivity index (χ0n) is 6.40. The lowest BCUT2D eigenvalue weighted by Crippen LogP contribution is -1.65. The molecule has 0 aliphatic rings. The van der Waals surface area contributed by atoms with Gasteiger partial charge in [-0.2, -0.15) is 4.37 Å². The molecule has 0 radical (unpaired) electrons. The van der Waals surface area contributed by atoms with Crippen molar-refractivity contribution in [3.63, 3.8) is 0 Å². The van der Waals surface area contributed by atoms with Crippen LogP contribution < -0.4 is 0 Å². The molecule has 0 spiro atoms. The first-order valence-corrected chi connectivity index (χ1v) is 4.50. The molecule has 1 N–H and O–H groups in total. The average molecular weight is 176 g/mol. The smallest absolute Gasteiger partial charge is 0.0768 e. The molecule has 2 nitrogen and oxygen atoms in total. The van der Waals surface area contributed by atoms with Gasteiger partial charge in [-0.15, -0.1) is 0 Å². The highest BCUT2D eigenvalue weighted by Crippen LogP contribution is 2.06. The maximum atomic E-state index is 4.16. The fraction of sp³-hybridized carbons (Fsp3) is 0. The molecule has 3 heteroatoms. The van der Waals surface area contributed by atoms with Crippen LogP contribution in [0.3, 0.4) is 0 Å². The van der Waals surface area contributed by atoms with Crippen LogP contribution in [0, 0.1) is 0 Å². The second-order valence-corrected chi connectivity index (χ2v) is 3.07. The highest BCUT2D eigenvalue weighted by Gasteiger charge is 1.87. The molecular weight excluding hydrogens is 168 g/mol. The Morgan fingerprint density at radius 2 is 2.33 bits per heavy atom. The van der Waals surface area contributed by atoms with E-state index >= 15 is 0 Å². The van der Waals surface area contributed by atoms with Gasteiger partial charge in [0, 0.05) is 17.8 Å². The van der Waals surface area contributed by atoms with Crippen molar-refractivity contribution in [1.82, 2.24) is 9.36 Å². The molecule has 12 heavy (non-hydrogen) atoms. The number of nitrogens with zero attached hydrogens (tertiary/aromatic N) is 1. The van der Waals surface area contributed by atoms with E-state index in [0.717, 1.165) is 5.69 Å². The van der Waals surface area contributed by atoms with Crippen LogP contribution in [0.5, 0.6) is 0 Å². The van der Waals surface area contributed by atoms with Crippen LogP contribution in [0.4, 0.5) is 0 Å². The number of aromatic amines is 1. The Bertz CT molecular complexity index is 310. The van der Waals surface area contributed by atoms with E-state index in [0.29, 0.717) is 0 Å². The highest BCUT2D eigenvalue weighted by molar-refractivity contribution is 7.03. The van der Waals surface area contributed by atoms with Crippen LogP contribution in [0.25, 0.3) is 12.2 Å². The van der Waals surface area contributed by atoms with Gasteiger partial charge >= 0.3 is 0 Å². The molecule has 0 saturated heterocycles. The van der Waals surface area contributed by atoms with Gasteiger partial charge in [0.05, 0.1) is 5.69 Å². The van der Waals surface area contributed by atoms with E-state index in [1.54, 1.807) is 0 Å². The molecule has 0 bridgehead atoms. The minimum atomic E-state index is 1.02. The maximum absolute atomic E-state index is 4.16. The molecule has 2 rings (SSSR count). The van der Waals surface area contributed by atoms with E-state index in [4.69, 9.17) is 0 Å². The van der Waals surface area contributed by atoms with E-state index in [2.05, 4.69) is 9.36 Å². The Balaban J connectivity index is 2.14. The summed E-state index contributed by atoms with van der Waals surface area (Å²) in [5.41, 5.74) is 2.18. The van der Waals surface area contributed by atoms with Crippen LogP contribution in [0.1, 0.15) is 11.3 Å². The number of aromatic nitrogens is 2. The second-order valence-electron chi connectivity index (χ2n) is 2.40. The molecule has 2 heterocycles. The van der Waals surface area contributed by atoms with Crippen molar-refractivity contribution in [2.24, 2.45) is 0 Å². The van der Waals surface area contributed by atoms with Crippen molar-refractivity contribution in [2.45, 2.75) is 0 Å². The molecule has 2 aromatic heterocycles. The molecular formula is C9H8N2S. The quantitative estimate of drug-likeness (QED) is 0.748. The summed E-state index contributed by atoms with van der Waals surface area (Å²) in [6, 6.07) is 4.01. The summed E-state index contributed by atoms with van der Waals surface area (Å²) >= 11 is 1.47. The van der Waals surface area contributed by atoms with Crippen LogP contribution in [0.2, 0.25) is 0 Å². The predicted molar refractivity (Wildman–Crippen MR) is 51.8 cm³/mol. The number of nitrogens with one attached hydrogen (secondary N) is 1. The summed E-state index contributed by atoms with van der Waals surface area (Å²) < 4.78 is 4.16. The number of hydrogen-bond donors (Lipinski definition) is 1. The maximum Gasteiger partial charge on any atom is 0.0768 e. The first kappa shape index (κ1) is 7.31. The largest absolute Gasteiger partial charge is 0.367 e. The Labute approximate surface area is 74.7 Å². The number of H-pyrrole nitrogens is 1. The molecule has 0 unspecified atom stereocenters. The third kappa shape index (κ3) is 1.62. The predicted octanol–water partition coefficient (Wildman–Crippen LogP) is 2.64. The summed E-state index contributed by atoms with van der Waals surface area (Å²) in [5.74, 6) is 0. The third-order valence-corrected chi connectivity index (χ3v) is 2.10. The standard InChI is InChI=1S/C9H8N2S/c1(8-3-5-10-7-8)2-9-4-6-12-11-9/h1-7,10H/b2-1+. The Hall–Kier alpha value is -1.35. The Morgan fingerprint density at radius 1 is 1.33 bits per heavy atom. The fourth-order valence-electron chi connectivity index (χ4n) is 0.930. The van der Waals surface area contributed by atoms with Crippen molar-refractivity contribution < 1.29 is 0 Å². The first-order valence-electron chi connectivity index (χ1n) is 3.66. The average Bonchev–Trinajstić information content (AvgIpc) is 2.74. The van der Waals surface area contributed by atoms with Gasteiger partial charge in [0.1, 0.15) is 0 Å². The van der Waals surface area contributed by atoms with E-state index in [1.165, 1.54) is 17.1 Å². The second kappa shape index (κ2) is 3.36. The first-order chi connectivity index (χ1) is 5.95. The monoisotopic (exact) mass is 176 g/mol. The third-order valence-electron chi connectivity index (χ3n) is 1.53. The summed E-state index contributed by atoms with van der Waals surface area (Å²) in [6.45, 7) is 0. The van der Waals surface area contributed by atoms with Crippen molar-refractivity contribution in [3.05, 3.63) is 41.2 Å². The van der Waals surface area contributed by atoms with Gasteiger partial charge in [-0.05, 0) is 35.3 Å². The van der Waals surface area contributed by atoms with Crippen LogP contribution in [-0.2, 0) is 0 Å². The van der Waals surface area contributed by atoms with Gasteiger partial charge in [0.25, 0.3) is 0 Å². The zero-order valence-corrected chi connectivity index (χ0v) is 7.21. The van der Waals surface area contributed by atoms with Gasteiger partial charge in [0.2, 0.25) is 0 Å². The van der Waals surface area contributed by atoms with E-state index < -0.39 is 0 Å². The lowest BCUT2D eigenvalue weighted by atomic mass is 10.3. The van der Waals surface area contributed by atoms with Crippen molar-refractivity contribution >= 4 is 23.7 Å². The van der Waals surface area contributed by atoms with Crippen molar-refractivity contribution in [2.75, 3.05) is 0 Å². The molecule has 0 fully saturated rings. The van der Waals surface area contributed by atoms with Gasteiger partial charge in [-0.1, -0.05) is 6.08 Å². The van der Waals surface area contributed by atoms with Gasteiger partial charge in [-0.25, -0.2) is 0 Å². The molecule has 0 aliphatic heterocycles. The summed E-state index contributed by atoms with van der Waals surface area (Å²) in [6.07, 6.45) is 7.88. The van der Waals surface area contributed by atoms with Crippen LogP contribution in [-0.4, -0.2) is 9.36 Å². The summed E-state index contributed by atoms with van der Waals surface area (Å²) in [7, 11) is 0. The normalized spacial score (nSPS) is 11.0. The molecule has 0 amide bonds. The minimum Gasteiger partial charge on any atom is -0.367 e. The molecule has 0 aliphatic carbocycles. The minimum absolute atomic E-state index is 1.02. The van der Waals surface area contributed by atoms with E-state index in [1.807, 2.05) is 42.1 Å². The molecule has 60 valence electrons. The lowest BCUT2D eigenvalue weighted by molar-refractivity contribution is 1.41. The number of rotatable bonds is 2. The van der Waals surface area contributed by atoms with Crippen molar-refractivity contribution in [1.29, 1.82) is 0 Å². The topological polar surface area (TPSA) is 28.7 Å². The lowest BCUT2D eigenvalue weighted by Gasteiger charge is -1.81. The van der Waals surface area contributed by atoms with Crippen LogP contribution in [0.15, 0.2) is 29.9 Å². The van der Waals surface area contributed by atoms with E-state index in [9.17, 15) is 0 Å². The summed E-state index contributed by atoms with van der Waals surface area (Å²) in [4.78, 5) is 2.99. The van der Waals surface area contributed by atoms with Gasteiger partial charge in [0.15, 0.2) is 0 Å². The Morgan fingerprint density at radius 3 is 3.00 bits per heavy atom. The molecule has 2 aromatic rings. The SMILES string of the molecule is C(=C\c1ccsn1)/c1cc[nH]c1. The zero-order chi connectivity index (χ0) is 8.23. The van der Waals surface area contributed by atoms with Crippen LogP contribution >= 0.6 is 11.5 Å². The fourth-order valence-corrected chi connectivity index (χ4v) is 1.43. The molecule has 0 saturated carbocycles. The van der Waals surface area contributed by atoms with Gasteiger partial charge < -0.3 is 4.98 Å². The summed E-state index contributed by atoms with van der Waals surface area (Å²) in [5, 5.41) is 1.97. The van der Waals surface area contributed by atoms with Crippen molar-refractivity contribution in [3.8, 4) is 0 Å². The number of hydrogen-bond acceptors (Lipinski definition) is 2. The molecule has 0 aromatic carbocycles.